The lowest BCUT2D eigenvalue weighted by molar-refractivity contribution is -0.120. The zero-order valence-electron chi connectivity index (χ0n) is 13.9. The molecule has 140 valence electrons. The summed E-state index contributed by atoms with van der Waals surface area (Å²) >= 11 is 0. The number of carbonyl (C=O) groups excluding carboxylic acids is 1. The van der Waals surface area contributed by atoms with Gasteiger partial charge in [-0.15, -0.1) is 12.4 Å². The van der Waals surface area contributed by atoms with Gasteiger partial charge in [0.2, 0.25) is 22.7 Å². The molecule has 10 heteroatoms. The van der Waals surface area contributed by atoms with Crippen LogP contribution in [0.5, 0.6) is 11.5 Å². The lowest BCUT2D eigenvalue weighted by atomic mass is 9.97. The first kappa shape index (κ1) is 19.6. The van der Waals surface area contributed by atoms with Crippen molar-refractivity contribution >= 4 is 39.7 Å². The molecule has 0 bridgehead atoms. The van der Waals surface area contributed by atoms with Gasteiger partial charge < -0.3 is 20.5 Å². The fraction of sp³-hybridized carbons (Fsp3) is 0.533. The molecule has 0 unspecified atom stereocenters. The third-order valence-corrected chi connectivity index (χ3v) is 6.27. The van der Waals surface area contributed by atoms with Crippen molar-refractivity contribution in [3.63, 3.8) is 0 Å². The Bertz CT molecular complexity index is 748. The molecule has 2 aliphatic heterocycles. The molecular formula is C15H22ClN3O5S. The number of carbonyl (C=O) groups is 1. The second-order valence-corrected chi connectivity index (χ2v) is 8.11. The number of sulfonamides is 1. The average Bonchev–Trinajstić information content (AvgIpc) is 3.02. The third kappa shape index (κ3) is 4.10. The number of piperidine rings is 1. The van der Waals surface area contributed by atoms with Gasteiger partial charge in [-0.05, 0) is 19.8 Å². The summed E-state index contributed by atoms with van der Waals surface area (Å²) in [6.07, 6.45) is 0.991. The summed E-state index contributed by atoms with van der Waals surface area (Å²) in [5.74, 6) is 0.789. The van der Waals surface area contributed by atoms with Crippen LogP contribution in [0.1, 0.15) is 19.8 Å². The van der Waals surface area contributed by atoms with Crippen molar-refractivity contribution in [1.29, 1.82) is 0 Å². The van der Waals surface area contributed by atoms with E-state index in [-0.39, 0.29) is 36.8 Å². The summed E-state index contributed by atoms with van der Waals surface area (Å²) in [5.41, 5.74) is 6.81. The van der Waals surface area contributed by atoms with Crippen LogP contribution in [0, 0.1) is 5.92 Å². The normalized spacial score (nSPS) is 17.8. The number of fused-ring (bicyclic) bond motifs is 1. The van der Waals surface area contributed by atoms with Crippen molar-refractivity contribution in [2.75, 3.05) is 36.7 Å². The molecule has 0 spiro atoms. The Labute approximate surface area is 153 Å². The number of nitrogens with two attached hydrogens (primary N) is 1. The minimum atomic E-state index is -3.19. The number of ether oxygens (including phenoxy) is 2. The smallest absolute Gasteiger partial charge is 0.231 e. The Kier molecular flexibility index (Phi) is 6.02. The first-order valence-corrected chi connectivity index (χ1v) is 9.49. The number of benzene rings is 1. The minimum Gasteiger partial charge on any atom is -0.454 e. The second kappa shape index (κ2) is 7.67. The van der Waals surface area contributed by atoms with Crippen molar-refractivity contribution in [1.82, 2.24) is 4.31 Å². The van der Waals surface area contributed by atoms with Crippen LogP contribution < -0.4 is 20.5 Å². The maximum absolute atomic E-state index is 12.4. The van der Waals surface area contributed by atoms with E-state index in [1.807, 2.05) is 0 Å². The van der Waals surface area contributed by atoms with E-state index in [1.54, 1.807) is 19.1 Å². The van der Waals surface area contributed by atoms with Crippen molar-refractivity contribution < 1.29 is 22.7 Å². The van der Waals surface area contributed by atoms with E-state index in [9.17, 15) is 13.2 Å². The monoisotopic (exact) mass is 391 g/mol. The topological polar surface area (TPSA) is 111 Å². The number of nitrogen functional groups attached to an aromatic ring is 1. The van der Waals surface area contributed by atoms with Gasteiger partial charge in [0.1, 0.15) is 0 Å². The summed E-state index contributed by atoms with van der Waals surface area (Å²) in [6.45, 7) is 2.49. The fourth-order valence-corrected chi connectivity index (χ4v) is 4.01. The highest BCUT2D eigenvalue weighted by Crippen LogP contribution is 2.38. The Hall–Kier alpha value is -1.71. The van der Waals surface area contributed by atoms with Crippen LogP contribution in [0.4, 0.5) is 11.4 Å². The molecule has 0 atom stereocenters. The number of hydrogen-bond donors (Lipinski definition) is 2. The van der Waals surface area contributed by atoms with E-state index in [4.69, 9.17) is 15.2 Å². The molecule has 0 aromatic heterocycles. The first-order chi connectivity index (χ1) is 11.4. The molecule has 1 aromatic rings. The van der Waals surface area contributed by atoms with Gasteiger partial charge in [0.05, 0.1) is 17.1 Å². The SMILES string of the molecule is CCS(=O)(=O)N1CCC(C(=O)Nc2cc3c(cc2N)OCO3)CC1.Cl. The number of hydrogen-bond acceptors (Lipinski definition) is 6. The van der Waals surface area contributed by atoms with Crippen LogP contribution in [0.25, 0.3) is 0 Å². The van der Waals surface area contributed by atoms with E-state index in [2.05, 4.69) is 5.32 Å². The molecule has 3 N–H and O–H groups in total. The van der Waals surface area contributed by atoms with Gasteiger partial charge in [-0.1, -0.05) is 0 Å². The summed E-state index contributed by atoms with van der Waals surface area (Å²) < 4.78 is 35.7. The molecule has 2 aliphatic rings. The van der Waals surface area contributed by atoms with E-state index in [0.29, 0.717) is 48.8 Å². The van der Waals surface area contributed by atoms with E-state index in [1.165, 1.54) is 4.31 Å². The van der Waals surface area contributed by atoms with Gasteiger partial charge in [-0.25, -0.2) is 12.7 Å². The molecule has 1 amide bonds. The Morgan fingerprint density at radius 2 is 1.88 bits per heavy atom. The van der Waals surface area contributed by atoms with Gasteiger partial charge in [0, 0.05) is 31.1 Å². The zero-order valence-corrected chi connectivity index (χ0v) is 15.5. The Balaban J connectivity index is 0.00000225. The number of halogens is 1. The summed E-state index contributed by atoms with van der Waals surface area (Å²) in [7, 11) is -3.19. The molecule has 2 heterocycles. The lowest BCUT2D eigenvalue weighted by Gasteiger charge is -2.30. The molecule has 8 nitrogen and oxygen atoms in total. The molecule has 3 rings (SSSR count). The van der Waals surface area contributed by atoms with Gasteiger partial charge in [-0.3, -0.25) is 4.79 Å². The van der Waals surface area contributed by atoms with E-state index in [0.717, 1.165) is 0 Å². The van der Waals surface area contributed by atoms with Gasteiger partial charge >= 0.3 is 0 Å². The van der Waals surface area contributed by atoms with Crippen molar-refractivity contribution in [2.45, 2.75) is 19.8 Å². The van der Waals surface area contributed by atoms with Crippen LogP contribution in [0.2, 0.25) is 0 Å². The third-order valence-electron chi connectivity index (χ3n) is 4.39. The number of nitrogens with zero attached hydrogens (tertiary/aromatic N) is 1. The van der Waals surface area contributed by atoms with E-state index >= 15 is 0 Å². The largest absolute Gasteiger partial charge is 0.454 e. The number of nitrogens with one attached hydrogen (secondary N) is 1. The highest BCUT2D eigenvalue weighted by atomic mass is 35.5. The molecule has 1 fully saturated rings. The molecule has 0 saturated carbocycles. The maximum atomic E-state index is 12.4. The summed E-state index contributed by atoms with van der Waals surface area (Å²) in [6, 6.07) is 3.26. The van der Waals surface area contributed by atoms with Crippen LogP contribution in [0.15, 0.2) is 12.1 Å². The van der Waals surface area contributed by atoms with Crippen LogP contribution in [-0.2, 0) is 14.8 Å². The molecule has 1 aromatic carbocycles. The van der Waals surface area contributed by atoms with Crippen molar-refractivity contribution in [2.24, 2.45) is 5.92 Å². The van der Waals surface area contributed by atoms with Crippen molar-refractivity contribution in [3.8, 4) is 11.5 Å². The van der Waals surface area contributed by atoms with Crippen LogP contribution in [0.3, 0.4) is 0 Å². The molecule has 1 saturated heterocycles. The quantitative estimate of drug-likeness (QED) is 0.751. The van der Waals surface area contributed by atoms with Gasteiger partial charge in [0.15, 0.2) is 11.5 Å². The molecule has 0 aliphatic carbocycles. The van der Waals surface area contributed by atoms with Crippen LogP contribution >= 0.6 is 12.4 Å². The first-order valence-electron chi connectivity index (χ1n) is 7.88. The molecule has 0 radical (unpaired) electrons. The Morgan fingerprint density at radius 3 is 2.48 bits per heavy atom. The van der Waals surface area contributed by atoms with Crippen molar-refractivity contribution in [3.05, 3.63) is 12.1 Å². The second-order valence-electron chi connectivity index (χ2n) is 5.86. The molecular weight excluding hydrogens is 370 g/mol. The number of amides is 1. The van der Waals surface area contributed by atoms with Gasteiger partial charge in [-0.2, -0.15) is 0 Å². The highest BCUT2D eigenvalue weighted by Gasteiger charge is 2.30. The van der Waals surface area contributed by atoms with Crippen LogP contribution in [-0.4, -0.2) is 44.3 Å². The molecule has 25 heavy (non-hydrogen) atoms. The maximum Gasteiger partial charge on any atom is 0.231 e. The zero-order chi connectivity index (χ0) is 17.3. The number of anilines is 2. The summed E-state index contributed by atoms with van der Waals surface area (Å²) in [4.78, 5) is 12.4. The fourth-order valence-electron chi connectivity index (χ4n) is 2.88. The van der Waals surface area contributed by atoms with Gasteiger partial charge in [0.25, 0.3) is 0 Å². The predicted molar refractivity (Wildman–Crippen MR) is 96.6 cm³/mol. The predicted octanol–water partition coefficient (Wildman–Crippen LogP) is 1.42. The van der Waals surface area contributed by atoms with E-state index < -0.39 is 10.0 Å². The summed E-state index contributed by atoms with van der Waals surface area (Å²) in [5, 5.41) is 2.81. The highest BCUT2D eigenvalue weighted by molar-refractivity contribution is 7.89. The number of rotatable bonds is 4. The standard InChI is InChI=1S/C15H21N3O5S.ClH/c1-2-24(20,21)18-5-3-10(4-6-18)15(19)17-12-8-14-13(7-11(12)16)22-9-23-14;/h7-8,10H,2-6,9,16H2,1H3,(H,17,19);1H. The minimum absolute atomic E-state index is 0. The average molecular weight is 392 g/mol. The Morgan fingerprint density at radius 1 is 1.28 bits per heavy atom. The lowest BCUT2D eigenvalue weighted by Crippen LogP contribution is -2.42.